The molecule has 20 heavy (non-hydrogen) atoms. The molecule has 1 aromatic heterocycles. The number of ether oxygens (including phenoxy) is 1. The third-order valence-electron chi connectivity index (χ3n) is 2.80. The molecule has 2 rings (SSSR count). The van der Waals surface area contributed by atoms with Crippen LogP contribution in [0.4, 0.5) is 13.2 Å². The minimum absolute atomic E-state index is 0.120. The number of alkyl halides is 3. The van der Waals surface area contributed by atoms with Gasteiger partial charge in [0.2, 0.25) is 0 Å². The molecule has 2 aromatic rings. The molecule has 0 aliphatic heterocycles. The van der Waals surface area contributed by atoms with Crippen LogP contribution in [0.2, 0.25) is 0 Å². The van der Waals surface area contributed by atoms with Gasteiger partial charge < -0.3 is 14.8 Å². The van der Waals surface area contributed by atoms with E-state index in [1.807, 2.05) is 22.6 Å². The molecular weight excluding hydrogens is 390 g/mol. The number of nitrogens with one attached hydrogen (secondary N) is 1. The van der Waals surface area contributed by atoms with Gasteiger partial charge in [0.25, 0.3) is 0 Å². The Kier molecular flexibility index (Phi) is 3.96. The zero-order chi connectivity index (χ0) is 15.1. The van der Waals surface area contributed by atoms with E-state index in [9.17, 15) is 23.1 Å². The molecule has 1 unspecified atom stereocenters. The monoisotopic (exact) mass is 399 g/mol. The molecule has 0 bridgehead atoms. The SMILES string of the molecule is COC(=O)c1cc(I)cc2c(C(O)C(F)(F)F)c[nH]c12. The number of aromatic nitrogens is 1. The van der Waals surface area contributed by atoms with Crippen LogP contribution < -0.4 is 0 Å². The Balaban J connectivity index is 2.67. The average molecular weight is 399 g/mol. The molecule has 0 aliphatic rings. The maximum Gasteiger partial charge on any atom is 0.418 e. The lowest BCUT2D eigenvalue weighted by Crippen LogP contribution is -2.19. The highest BCUT2D eigenvalue weighted by atomic mass is 127. The lowest BCUT2D eigenvalue weighted by Gasteiger charge is -2.13. The first kappa shape index (κ1) is 15.1. The summed E-state index contributed by atoms with van der Waals surface area (Å²) >= 11 is 1.88. The minimum Gasteiger partial charge on any atom is -0.465 e. The topological polar surface area (TPSA) is 62.3 Å². The van der Waals surface area contributed by atoms with Crippen LogP contribution in [-0.4, -0.2) is 29.3 Å². The van der Waals surface area contributed by atoms with Crippen molar-refractivity contribution in [3.05, 3.63) is 33.0 Å². The highest BCUT2D eigenvalue weighted by Gasteiger charge is 2.40. The van der Waals surface area contributed by atoms with Crippen LogP contribution in [0.15, 0.2) is 18.3 Å². The second-order valence-corrected chi connectivity index (χ2v) is 5.30. The number of rotatable bonds is 2. The Morgan fingerprint density at radius 2 is 2.10 bits per heavy atom. The van der Waals surface area contributed by atoms with E-state index in [-0.39, 0.29) is 22.0 Å². The Morgan fingerprint density at radius 1 is 1.45 bits per heavy atom. The fourth-order valence-electron chi connectivity index (χ4n) is 1.89. The normalized spacial score (nSPS) is 13.5. The average Bonchev–Trinajstić information content (AvgIpc) is 2.78. The molecule has 0 amide bonds. The van der Waals surface area contributed by atoms with Gasteiger partial charge in [-0.3, -0.25) is 0 Å². The number of aliphatic hydroxyl groups is 1. The molecule has 0 saturated heterocycles. The van der Waals surface area contributed by atoms with Crippen molar-refractivity contribution in [3.8, 4) is 0 Å². The number of aromatic amines is 1. The van der Waals surface area contributed by atoms with Crippen molar-refractivity contribution in [1.29, 1.82) is 0 Å². The van der Waals surface area contributed by atoms with Crippen molar-refractivity contribution in [2.24, 2.45) is 0 Å². The van der Waals surface area contributed by atoms with E-state index in [0.717, 1.165) is 6.20 Å². The summed E-state index contributed by atoms with van der Waals surface area (Å²) in [4.78, 5) is 14.2. The zero-order valence-corrected chi connectivity index (χ0v) is 12.2. The van der Waals surface area contributed by atoms with Gasteiger partial charge in [-0.25, -0.2) is 4.79 Å². The van der Waals surface area contributed by atoms with Crippen LogP contribution >= 0.6 is 22.6 Å². The standard InChI is InChI=1S/C12H9F3INO3/c1-20-11(19)7-3-5(16)2-6-8(4-17-9(6)7)10(18)12(13,14)15/h2-4,10,17-18H,1H3. The second kappa shape index (κ2) is 5.24. The van der Waals surface area contributed by atoms with Crippen LogP contribution in [0.5, 0.6) is 0 Å². The van der Waals surface area contributed by atoms with Crippen molar-refractivity contribution in [1.82, 2.24) is 4.98 Å². The van der Waals surface area contributed by atoms with E-state index in [1.54, 1.807) is 0 Å². The van der Waals surface area contributed by atoms with Gasteiger partial charge in [0, 0.05) is 20.7 Å². The van der Waals surface area contributed by atoms with Crippen molar-refractivity contribution in [2.45, 2.75) is 12.3 Å². The highest BCUT2D eigenvalue weighted by molar-refractivity contribution is 14.1. The molecule has 1 atom stereocenters. The maximum atomic E-state index is 12.6. The molecule has 0 aliphatic carbocycles. The van der Waals surface area contributed by atoms with Crippen LogP contribution in [0.1, 0.15) is 22.0 Å². The minimum atomic E-state index is -4.78. The maximum absolute atomic E-state index is 12.6. The summed E-state index contributed by atoms with van der Waals surface area (Å²) in [7, 11) is 1.18. The molecule has 2 N–H and O–H groups in total. The Bertz CT molecular complexity index is 666. The number of aliphatic hydroxyl groups excluding tert-OH is 1. The van der Waals surface area contributed by atoms with Crippen LogP contribution in [0.3, 0.4) is 0 Å². The molecule has 0 fully saturated rings. The van der Waals surface area contributed by atoms with E-state index >= 15 is 0 Å². The Labute approximate surface area is 125 Å². The molecule has 1 heterocycles. The summed E-state index contributed by atoms with van der Waals surface area (Å²) in [5.74, 6) is -0.664. The van der Waals surface area contributed by atoms with E-state index in [4.69, 9.17) is 0 Å². The largest absolute Gasteiger partial charge is 0.465 e. The van der Waals surface area contributed by atoms with Crippen LogP contribution in [0.25, 0.3) is 10.9 Å². The number of halogens is 4. The van der Waals surface area contributed by atoms with Gasteiger partial charge >= 0.3 is 12.1 Å². The van der Waals surface area contributed by atoms with E-state index < -0.39 is 18.2 Å². The molecule has 8 heteroatoms. The quantitative estimate of drug-likeness (QED) is 0.603. The van der Waals surface area contributed by atoms with Crippen LogP contribution in [-0.2, 0) is 4.74 Å². The van der Waals surface area contributed by atoms with Crippen molar-refractivity contribution >= 4 is 39.5 Å². The first-order chi connectivity index (χ1) is 9.25. The first-order valence-corrected chi connectivity index (χ1v) is 6.47. The third-order valence-corrected chi connectivity index (χ3v) is 3.42. The van der Waals surface area contributed by atoms with Gasteiger partial charge in [-0.15, -0.1) is 0 Å². The summed E-state index contributed by atoms with van der Waals surface area (Å²) in [6, 6.07) is 2.96. The van der Waals surface area contributed by atoms with E-state index in [2.05, 4.69) is 9.72 Å². The van der Waals surface area contributed by atoms with Crippen molar-refractivity contribution in [2.75, 3.05) is 7.11 Å². The predicted octanol–water partition coefficient (Wildman–Crippen LogP) is 3.15. The molecule has 0 radical (unpaired) electrons. The van der Waals surface area contributed by atoms with Gasteiger partial charge in [-0.05, 0) is 34.7 Å². The second-order valence-electron chi connectivity index (χ2n) is 4.06. The molecular formula is C12H9F3INO3. The number of carbonyl (C=O) groups excluding carboxylic acids is 1. The van der Waals surface area contributed by atoms with Gasteiger partial charge in [-0.2, -0.15) is 13.2 Å². The van der Waals surface area contributed by atoms with Crippen LogP contribution in [0, 0.1) is 3.57 Å². The Hall–Kier alpha value is -1.29. The van der Waals surface area contributed by atoms with Crippen molar-refractivity contribution in [3.63, 3.8) is 0 Å². The fourth-order valence-corrected chi connectivity index (χ4v) is 2.51. The molecule has 4 nitrogen and oxygen atoms in total. The van der Waals surface area contributed by atoms with Gasteiger partial charge in [0.1, 0.15) is 0 Å². The molecule has 1 aromatic carbocycles. The summed E-state index contributed by atoms with van der Waals surface area (Å²) in [6.45, 7) is 0. The molecule has 108 valence electrons. The summed E-state index contributed by atoms with van der Waals surface area (Å²) in [6.07, 6.45) is -6.34. The highest BCUT2D eigenvalue weighted by Crippen LogP contribution is 2.37. The number of benzene rings is 1. The number of hydrogen-bond acceptors (Lipinski definition) is 3. The van der Waals surface area contributed by atoms with Crippen molar-refractivity contribution < 1.29 is 27.8 Å². The number of carbonyl (C=O) groups is 1. The number of esters is 1. The number of hydrogen-bond donors (Lipinski definition) is 2. The third kappa shape index (κ3) is 2.62. The lowest BCUT2D eigenvalue weighted by atomic mass is 10.1. The van der Waals surface area contributed by atoms with Gasteiger partial charge in [-0.1, -0.05) is 0 Å². The lowest BCUT2D eigenvalue weighted by molar-refractivity contribution is -0.206. The Morgan fingerprint density at radius 3 is 2.65 bits per heavy atom. The summed E-state index contributed by atoms with van der Waals surface area (Å²) in [5, 5.41) is 9.50. The summed E-state index contributed by atoms with van der Waals surface area (Å²) in [5.41, 5.74) is 0.00163. The zero-order valence-electron chi connectivity index (χ0n) is 10.1. The number of methoxy groups -OCH3 is 1. The summed E-state index contributed by atoms with van der Waals surface area (Å²) < 4.78 is 43.0. The van der Waals surface area contributed by atoms with E-state index in [1.165, 1.54) is 19.2 Å². The fraction of sp³-hybridized carbons (Fsp3) is 0.250. The number of fused-ring (bicyclic) bond motifs is 1. The van der Waals surface area contributed by atoms with E-state index in [0.29, 0.717) is 3.57 Å². The van der Waals surface area contributed by atoms with Gasteiger partial charge in [0.05, 0.1) is 18.2 Å². The smallest absolute Gasteiger partial charge is 0.418 e. The molecule has 0 saturated carbocycles. The first-order valence-electron chi connectivity index (χ1n) is 5.39. The van der Waals surface area contributed by atoms with Gasteiger partial charge in [0.15, 0.2) is 6.10 Å². The predicted molar refractivity (Wildman–Crippen MR) is 73.4 cm³/mol. The number of H-pyrrole nitrogens is 1. The molecule has 0 spiro atoms.